The van der Waals surface area contributed by atoms with Gasteiger partial charge in [-0.05, 0) is 37.1 Å². The molecule has 1 aliphatic heterocycles. The molecule has 0 saturated heterocycles. The van der Waals surface area contributed by atoms with Crippen molar-refractivity contribution < 1.29 is 4.79 Å². The number of carbonyl (C=O) groups excluding carboxylic acids is 1. The number of fused-ring (bicyclic) bond motifs is 1. The van der Waals surface area contributed by atoms with Crippen LogP contribution < -0.4 is 5.32 Å². The van der Waals surface area contributed by atoms with Crippen molar-refractivity contribution in [1.29, 1.82) is 0 Å². The maximum Gasteiger partial charge on any atom is 0.322 e. The number of amides is 2. The molecule has 2 aromatic rings. The number of hydrogen-bond donors (Lipinski definition) is 1. The van der Waals surface area contributed by atoms with Gasteiger partial charge in [0.15, 0.2) is 0 Å². The van der Waals surface area contributed by atoms with E-state index in [0.29, 0.717) is 5.92 Å². The Bertz CT molecular complexity index is 657. The maximum atomic E-state index is 12.7. The van der Waals surface area contributed by atoms with Gasteiger partial charge in [0.2, 0.25) is 0 Å². The van der Waals surface area contributed by atoms with Crippen LogP contribution in [0.25, 0.3) is 0 Å². The standard InChI is InChI=1S/C18H23N3O/c1-13(2)17-16-5-4-10-20(16)11-12-21(17)18(22)19-15-8-6-14(3)7-9-15/h4-10,13,17H,11-12H2,1-3H3,(H,19,22)/t17-/m0/s1. The molecule has 0 radical (unpaired) electrons. The normalized spacial score (nSPS) is 17.5. The number of benzene rings is 1. The summed E-state index contributed by atoms with van der Waals surface area (Å²) < 4.78 is 2.25. The Kier molecular flexibility index (Phi) is 3.92. The molecule has 4 heteroatoms. The predicted molar refractivity (Wildman–Crippen MR) is 88.9 cm³/mol. The van der Waals surface area contributed by atoms with Crippen LogP contribution in [0.15, 0.2) is 42.6 Å². The molecule has 2 amide bonds. The van der Waals surface area contributed by atoms with E-state index >= 15 is 0 Å². The molecule has 1 aromatic heterocycles. The second-order valence-electron chi connectivity index (χ2n) is 6.30. The topological polar surface area (TPSA) is 37.3 Å². The van der Waals surface area contributed by atoms with E-state index in [4.69, 9.17) is 0 Å². The highest BCUT2D eigenvalue weighted by Crippen LogP contribution is 2.32. The first-order chi connectivity index (χ1) is 10.6. The van der Waals surface area contributed by atoms with Crippen LogP contribution in [0, 0.1) is 12.8 Å². The van der Waals surface area contributed by atoms with E-state index in [9.17, 15) is 4.79 Å². The molecule has 0 saturated carbocycles. The quantitative estimate of drug-likeness (QED) is 0.892. The summed E-state index contributed by atoms with van der Waals surface area (Å²) in [5.74, 6) is 0.373. The van der Waals surface area contributed by atoms with Crippen molar-refractivity contribution in [1.82, 2.24) is 9.47 Å². The van der Waals surface area contributed by atoms with Crippen molar-refractivity contribution in [2.24, 2.45) is 5.92 Å². The highest BCUT2D eigenvalue weighted by Gasteiger charge is 2.32. The Hall–Kier alpha value is -2.23. The van der Waals surface area contributed by atoms with Gasteiger partial charge in [0.1, 0.15) is 0 Å². The van der Waals surface area contributed by atoms with Crippen LogP contribution >= 0.6 is 0 Å². The van der Waals surface area contributed by atoms with Gasteiger partial charge in [0.05, 0.1) is 6.04 Å². The van der Waals surface area contributed by atoms with Crippen molar-refractivity contribution in [2.45, 2.75) is 33.4 Å². The summed E-state index contributed by atoms with van der Waals surface area (Å²) in [5, 5.41) is 3.02. The number of aryl methyl sites for hydroxylation is 1. The lowest BCUT2D eigenvalue weighted by Gasteiger charge is -2.39. The first-order valence-corrected chi connectivity index (χ1v) is 7.85. The van der Waals surface area contributed by atoms with Crippen molar-refractivity contribution in [3.05, 3.63) is 53.9 Å². The van der Waals surface area contributed by atoms with Gasteiger partial charge in [-0.25, -0.2) is 4.79 Å². The second kappa shape index (κ2) is 5.87. The Morgan fingerprint density at radius 1 is 1.18 bits per heavy atom. The van der Waals surface area contributed by atoms with Crippen LogP contribution in [0.4, 0.5) is 10.5 Å². The van der Waals surface area contributed by atoms with E-state index in [-0.39, 0.29) is 12.1 Å². The van der Waals surface area contributed by atoms with Crippen LogP contribution in [0.5, 0.6) is 0 Å². The first kappa shape index (κ1) is 14.7. The number of anilines is 1. The lowest BCUT2D eigenvalue weighted by Crippen LogP contribution is -2.45. The summed E-state index contributed by atoms with van der Waals surface area (Å²) in [4.78, 5) is 14.7. The minimum atomic E-state index is -0.0185. The fourth-order valence-corrected chi connectivity index (χ4v) is 3.18. The van der Waals surface area contributed by atoms with Gasteiger partial charge in [-0.15, -0.1) is 0 Å². The smallest absolute Gasteiger partial charge is 0.322 e. The number of carbonyl (C=O) groups is 1. The zero-order valence-corrected chi connectivity index (χ0v) is 13.4. The minimum absolute atomic E-state index is 0.0185. The number of hydrogen-bond acceptors (Lipinski definition) is 1. The molecule has 116 valence electrons. The summed E-state index contributed by atoms with van der Waals surface area (Å²) >= 11 is 0. The van der Waals surface area contributed by atoms with Crippen molar-refractivity contribution in [3.63, 3.8) is 0 Å². The van der Waals surface area contributed by atoms with Crippen LogP contribution in [0.2, 0.25) is 0 Å². The molecule has 0 fully saturated rings. The van der Waals surface area contributed by atoms with Gasteiger partial charge in [-0.1, -0.05) is 31.5 Å². The van der Waals surface area contributed by atoms with Crippen molar-refractivity contribution in [2.75, 3.05) is 11.9 Å². The largest absolute Gasteiger partial charge is 0.348 e. The number of nitrogens with zero attached hydrogens (tertiary/aromatic N) is 2. The number of rotatable bonds is 2. The Morgan fingerprint density at radius 3 is 2.59 bits per heavy atom. The predicted octanol–water partition coefficient (Wildman–Crippen LogP) is 4.04. The van der Waals surface area contributed by atoms with Crippen LogP contribution in [0.3, 0.4) is 0 Å². The van der Waals surface area contributed by atoms with Gasteiger partial charge < -0.3 is 14.8 Å². The molecular weight excluding hydrogens is 274 g/mol. The third kappa shape index (κ3) is 2.73. The molecule has 1 aromatic carbocycles. The Labute approximate surface area is 131 Å². The Balaban J connectivity index is 1.81. The number of nitrogens with one attached hydrogen (secondary N) is 1. The Morgan fingerprint density at radius 2 is 1.91 bits per heavy atom. The van der Waals surface area contributed by atoms with E-state index in [2.05, 4.69) is 42.1 Å². The molecule has 4 nitrogen and oxygen atoms in total. The van der Waals surface area contributed by atoms with E-state index in [1.54, 1.807) is 0 Å². The highest BCUT2D eigenvalue weighted by molar-refractivity contribution is 5.89. The second-order valence-corrected chi connectivity index (χ2v) is 6.30. The van der Waals surface area contributed by atoms with Gasteiger partial charge in [0, 0.05) is 30.7 Å². The SMILES string of the molecule is Cc1ccc(NC(=O)N2CCn3cccc3[C@@H]2C(C)C)cc1. The fourth-order valence-electron chi connectivity index (χ4n) is 3.18. The summed E-state index contributed by atoms with van der Waals surface area (Å²) in [5.41, 5.74) is 3.26. The monoisotopic (exact) mass is 297 g/mol. The molecule has 0 unspecified atom stereocenters. The summed E-state index contributed by atoms with van der Waals surface area (Å²) in [7, 11) is 0. The van der Waals surface area contributed by atoms with Crippen LogP contribution in [-0.2, 0) is 6.54 Å². The zero-order valence-electron chi connectivity index (χ0n) is 13.4. The zero-order chi connectivity index (χ0) is 15.7. The van der Waals surface area contributed by atoms with E-state index < -0.39 is 0 Å². The molecule has 0 aliphatic carbocycles. The minimum Gasteiger partial charge on any atom is -0.348 e. The molecule has 1 N–H and O–H groups in total. The lowest BCUT2D eigenvalue weighted by molar-refractivity contribution is 0.144. The number of urea groups is 1. The molecule has 0 spiro atoms. The fraction of sp³-hybridized carbons (Fsp3) is 0.389. The molecule has 1 aliphatic rings. The average molecular weight is 297 g/mol. The van der Waals surface area contributed by atoms with Crippen molar-refractivity contribution in [3.8, 4) is 0 Å². The number of aromatic nitrogens is 1. The molecule has 22 heavy (non-hydrogen) atoms. The molecule has 0 bridgehead atoms. The molecule has 3 rings (SSSR count). The van der Waals surface area contributed by atoms with E-state index in [1.807, 2.05) is 36.1 Å². The molecule has 2 heterocycles. The summed E-state index contributed by atoms with van der Waals surface area (Å²) in [6.07, 6.45) is 2.10. The maximum absolute atomic E-state index is 12.7. The lowest BCUT2D eigenvalue weighted by atomic mass is 9.97. The molecule has 1 atom stereocenters. The average Bonchev–Trinajstić information content (AvgIpc) is 2.96. The van der Waals surface area contributed by atoms with E-state index in [0.717, 1.165) is 18.8 Å². The third-order valence-corrected chi connectivity index (χ3v) is 4.28. The van der Waals surface area contributed by atoms with E-state index in [1.165, 1.54) is 11.3 Å². The third-order valence-electron chi connectivity index (χ3n) is 4.28. The van der Waals surface area contributed by atoms with Gasteiger partial charge >= 0.3 is 6.03 Å². The first-order valence-electron chi connectivity index (χ1n) is 7.85. The van der Waals surface area contributed by atoms with Gasteiger partial charge in [0.25, 0.3) is 0 Å². The van der Waals surface area contributed by atoms with Gasteiger partial charge in [-0.2, -0.15) is 0 Å². The molecular formula is C18H23N3O. The van der Waals surface area contributed by atoms with Gasteiger partial charge in [-0.3, -0.25) is 0 Å². The summed E-state index contributed by atoms with van der Waals surface area (Å²) in [6, 6.07) is 12.2. The van der Waals surface area contributed by atoms with Crippen LogP contribution in [0.1, 0.15) is 31.1 Å². The van der Waals surface area contributed by atoms with Crippen LogP contribution in [-0.4, -0.2) is 22.0 Å². The highest BCUT2D eigenvalue weighted by atomic mass is 16.2. The summed E-state index contributed by atoms with van der Waals surface area (Å²) in [6.45, 7) is 7.97. The van der Waals surface area contributed by atoms with Crippen molar-refractivity contribution >= 4 is 11.7 Å².